The minimum Gasteiger partial charge on any atom is -0.238 e. The Bertz CT molecular complexity index is 2430. The first kappa shape index (κ1) is 33.8. The van der Waals surface area contributed by atoms with Gasteiger partial charge in [-0.15, -0.1) is 0 Å². The number of rotatable bonds is 6. The number of hydrogen-bond acceptors (Lipinski definition) is 2. The third-order valence-electron chi connectivity index (χ3n) is 8.94. The number of hydrogen-bond donors (Lipinski definition) is 0. The molecule has 0 spiro atoms. The number of nitriles is 2. The Kier molecular flexibility index (Phi) is 9.50. The lowest BCUT2D eigenvalue weighted by Gasteiger charge is -2.29. The molecular weight excluding hydrogens is 724 g/mol. The zero-order valence-electron chi connectivity index (χ0n) is 27.4. The van der Waals surface area contributed by atoms with Crippen molar-refractivity contribution in [3.05, 3.63) is 189 Å². The largest absolute Gasteiger partial charge is 0.238 e. The predicted molar refractivity (Wildman–Crippen MR) is 214 cm³/mol. The van der Waals surface area contributed by atoms with E-state index in [9.17, 15) is 10.5 Å². The van der Waals surface area contributed by atoms with E-state index >= 15 is 0 Å². The van der Waals surface area contributed by atoms with Gasteiger partial charge in [0.1, 0.15) is 0 Å². The summed E-state index contributed by atoms with van der Waals surface area (Å²) in [5, 5.41) is 20.1. The van der Waals surface area contributed by atoms with Crippen LogP contribution in [0, 0.1) is 35.8 Å². The first-order valence-electron chi connectivity index (χ1n) is 16.1. The van der Waals surface area contributed by atoms with Gasteiger partial charge in [0.2, 0.25) is 0 Å². The van der Waals surface area contributed by atoms with Crippen LogP contribution in [0.25, 0.3) is 76.5 Å². The van der Waals surface area contributed by atoms with E-state index in [4.69, 9.17) is 24.7 Å². The maximum Gasteiger partial charge on any atom is 0.187 e. The highest BCUT2D eigenvalue weighted by atomic mass is 79.9. The zero-order chi connectivity index (χ0) is 36.2. The first-order chi connectivity index (χ1) is 25.4. The summed E-state index contributed by atoms with van der Waals surface area (Å²) in [7, 11) is 0. The van der Waals surface area contributed by atoms with E-state index in [1.54, 1.807) is 0 Å². The van der Waals surface area contributed by atoms with Crippen molar-refractivity contribution in [2.24, 2.45) is 0 Å². The van der Waals surface area contributed by atoms with Crippen molar-refractivity contribution in [3.8, 4) is 78.9 Å². The smallest absolute Gasteiger partial charge is 0.187 e. The minimum atomic E-state index is 0.517. The van der Waals surface area contributed by atoms with Gasteiger partial charge in [-0.2, -0.15) is 10.5 Å². The van der Waals surface area contributed by atoms with E-state index in [-0.39, 0.29) is 0 Å². The van der Waals surface area contributed by atoms with Gasteiger partial charge in [-0.1, -0.05) is 125 Å². The van der Waals surface area contributed by atoms with Gasteiger partial charge in [-0.25, -0.2) is 9.69 Å². The second-order valence-electron chi connectivity index (χ2n) is 12.0. The fourth-order valence-corrected chi connectivity index (χ4v) is 6.93. The summed E-state index contributed by atoms with van der Waals surface area (Å²) >= 11 is 10.1. The van der Waals surface area contributed by atoms with Crippen molar-refractivity contribution in [1.29, 1.82) is 10.5 Å². The maximum absolute atomic E-state index is 9.76. The Hall–Kier alpha value is -6.73. The average Bonchev–Trinajstić information content (AvgIpc) is 3.20. The normalized spacial score (nSPS) is 10.4. The summed E-state index contributed by atoms with van der Waals surface area (Å²) in [6, 6.07) is 50.9. The molecule has 7 aromatic rings. The number of halogens is 2. The molecule has 6 heteroatoms. The summed E-state index contributed by atoms with van der Waals surface area (Å²) in [6.07, 6.45) is 0. The molecule has 0 radical (unpaired) electrons. The minimum absolute atomic E-state index is 0.517. The van der Waals surface area contributed by atoms with Gasteiger partial charge in [-0.3, -0.25) is 0 Å². The molecule has 0 aliphatic rings. The van der Waals surface area contributed by atoms with E-state index in [0.29, 0.717) is 27.5 Å². The number of nitrogens with zero attached hydrogens (tertiary/aromatic N) is 4. The average molecular weight is 748 g/mol. The van der Waals surface area contributed by atoms with Crippen LogP contribution in [0.15, 0.2) is 150 Å². The standard InChI is InChI=1S/C46H24BrClN4/c1-51-39-23-15-35(16-24-39)45-41(31-7-3-29(27-49)4-8-31)43(33-11-19-37(47)20-12-33)44(34-13-21-38(48)22-14-34)42(32-9-5-30(28-50)6-10-32)46(45)36-17-25-40(52-2)26-18-36/h3-26H. The van der Waals surface area contributed by atoms with Gasteiger partial charge in [0.15, 0.2) is 11.4 Å². The Labute approximate surface area is 315 Å². The molecule has 0 aliphatic heterocycles. The summed E-state index contributed by atoms with van der Waals surface area (Å²) in [4.78, 5) is 7.34. The van der Waals surface area contributed by atoms with Crippen LogP contribution in [0.5, 0.6) is 0 Å². The molecule has 0 heterocycles. The van der Waals surface area contributed by atoms with Crippen molar-refractivity contribution in [2.75, 3.05) is 0 Å². The van der Waals surface area contributed by atoms with Gasteiger partial charge in [0.25, 0.3) is 0 Å². The van der Waals surface area contributed by atoms with Crippen LogP contribution < -0.4 is 0 Å². The molecule has 0 N–H and O–H groups in total. The zero-order valence-corrected chi connectivity index (χ0v) is 29.7. The molecule has 7 aromatic carbocycles. The molecule has 0 bridgehead atoms. The number of benzene rings is 7. The summed E-state index contributed by atoms with van der Waals surface area (Å²) in [5.41, 5.74) is 13.1. The van der Waals surface area contributed by atoms with Crippen LogP contribution in [0.2, 0.25) is 5.02 Å². The van der Waals surface area contributed by atoms with E-state index in [0.717, 1.165) is 71.2 Å². The summed E-state index contributed by atoms with van der Waals surface area (Å²) < 4.78 is 0.933. The monoisotopic (exact) mass is 746 g/mol. The van der Waals surface area contributed by atoms with Crippen LogP contribution >= 0.6 is 27.5 Å². The van der Waals surface area contributed by atoms with Crippen molar-refractivity contribution < 1.29 is 0 Å². The lowest BCUT2D eigenvalue weighted by atomic mass is 9.74. The van der Waals surface area contributed by atoms with Crippen LogP contribution in [0.3, 0.4) is 0 Å². The lowest BCUT2D eigenvalue weighted by molar-refractivity contribution is 1.47. The van der Waals surface area contributed by atoms with Crippen LogP contribution in [0.4, 0.5) is 11.4 Å². The lowest BCUT2D eigenvalue weighted by Crippen LogP contribution is -2.02. The highest BCUT2D eigenvalue weighted by Crippen LogP contribution is 2.56. The van der Waals surface area contributed by atoms with Crippen molar-refractivity contribution >= 4 is 38.9 Å². The van der Waals surface area contributed by atoms with Crippen molar-refractivity contribution in [1.82, 2.24) is 0 Å². The Morgan fingerprint density at radius 2 is 0.654 bits per heavy atom. The van der Waals surface area contributed by atoms with E-state index in [1.807, 2.05) is 133 Å². The van der Waals surface area contributed by atoms with E-state index in [1.165, 1.54) is 0 Å². The Morgan fingerprint density at radius 3 is 0.923 bits per heavy atom. The van der Waals surface area contributed by atoms with Gasteiger partial charge in [0.05, 0.1) is 36.4 Å². The predicted octanol–water partition coefficient (Wildman–Crippen LogP) is 13.9. The van der Waals surface area contributed by atoms with Crippen LogP contribution in [-0.2, 0) is 0 Å². The Balaban J connectivity index is 1.80. The van der Waals surface area contributed by atoms with Crippen LogP contribution in [-0.4, -0.2) is 0 Å². The molecule has 0 saturated heterocycles. The molecule has 7 rings (SSSR count). The highest BCUT2D eigenvalue weighted by Gasteiger charge is 2.29. The van der Waals surface area contributed by atoms with E-state index < -0.39 is 0 Å². The molecular formula is C46H24BrClN4. The molecule has 0 unspecified atom stereocenters. The maximum atomic E-state index is 9.76. The molecule has 242 valence electrons. The van der Waals surface area contributed by atoms with Gasteiger partial charge >= 0.3 is 0 Å². The molecule has 0 fully saturated rings. The molecule has 0 atom stereocenters. The SMILES string of the molecule is [C-]#[N+]c1ccc(-c2c(-c3ccc(C#N)cc3)c(-c3ccc(Cl)cc3)c(-c3ccc(Br)cc3)c(-c3ccc(C#N)cc3)c2-c2ccc([N+]#[C-])cc2)cc1. The molecule has 0 saturated carbocycles. The van der Waals surface area contributed by atoms with Gasteiger partial charge < -0.3 is 0 Å². The molecule has 52 heavy (non-hydrogen) atoms. The third-order valence-corrected chi connectivity index (χ3v) is 9.72. The molecule has 0 aliphatic carbocycles. The van der Waals surface area contributed by atoms with Crippen LogP contribution in [0.1, 0.15) is 11.1 Å². The molecule has 0 aromatic heterocycles. The van der Waals surface area contributed by atoms with Gasteiger partial charge in [0, 0.05) is 9.50 Å². The fourth-order valence-electron chi connectivity index (χ4n) is 6.54. The summed E-state index contributed by atoms with van der Waals surface area (Å²) in [6.45, 7) is 15.3. The van der Waals surface area contributed by atoms with E-state index in [2.05, 4.69) is 49.9 Å². The van der Waals surface area contributed by atoms with Crippen molar-refractivity contribution in [2.45, 2.75) is 0 Å². The Morgan fingerprint density at radius 1 is 0.404 bits per heavy atom. The third kappa shape index (κ3) is 6.48. The quantitative estimate of drug-likeness (QED) is 0.159. The fraction of sp³-hybridized carbons (Fsp3) is 0. The topological polar surface area (TPSA) is 56.3 Å². The summed E-state index contributed by atoms with van der Waals surface area (Å²) in [5.74, 6) is 0. The second-order valence-corrected chi connectivity index (χ2v) is 13.3. The molecule has 0 amide bonds. The second kappa shape index (κ2) is 14.6. The first-order valence-corrected chi connectivity index (χ1v) is 17.3. The highest BCUT2D eigenvalue weighted by molar-refractivity contribution is 9.10. The van der Waals surface area contributed by atoms with Gasteiger partial charge in [-0.05, 0) is 115 Å². The van der Waals surface area contributed by atoms with Crippen molar-refractivity contribution in [3.63, 3.8) is 0 Å². The molecule has 4 nitrogen and oxygen atoms in total.